The maximum Gasteiger partial charge on any atom is 0.242 e. The molecule has 1 atom stereocenters. The van der Waals surface area contributed by atoms with Gasteiger partial charge in [-0.3, -0.25) is 4.79 Å². The van der Waals surface area contributed by atoms with Crippen molar-refractivity contribution in [2.75, 3.05) is 23.3 Å². The highest BCUT2D eigenvalue weighted by Gasteiger charge is 2.11. The Bertz CT molecular complexity index is 409. The topological polar surface area (TPSA) is 32.3 Å². The number of hydrogen-bond donors (Lipinski definition) is 1. The Kier molecular flexibility index (Phi) is 5.08. The Hall–Kier alpha value is -1.22. The van der Waals surface area contributed by atoms with Crippen molar-refractivity contribution in [2.24, 2.45) is 0 Å². The van der Waals surface area contributed by atoms with Crippen molar-refractivity contribution in [1.29, 1.82) is 0 Å². The largest absolute Gasteiger partial charge is 0.372 e. The van der Waals surface area contributed by atoms with Gasteiger partial charge >= 0.3 is 0 Å². The van der Waals surface area contributed by atoms with Gasteiger partial charge in [0, 0.05) is 24.5 Å². The molecule has 1 N–H and O–H groups in total. The summed E-state index contributed by atoms with van der Waals surface area (Å²) in [6, 6.07) is 8.02. The van der Waals surface area contributed by atoms with Crippen LogP contribution in [-0.2, 0) is 4.79 Å². The van der Waals surface area contributed by atoms with Crippen molar-refractivity contribution in [3.63, 3.8) is 0 Å². The van der Waals surface area contributed by atoms with E-state index in [9.17, 15) is 4.79 Å². The molecule has 1 saturated heterocycles. The van der Waals surface area contributed by atoms with Gasteiger partial charge in [-0.15, -0.1) is 11.6 Å². The second-order valence-electron chi connectivity index (χ2n) is 5.05. The molecule has 1 aliphatic heterocycles. The number of benzene rings is 1. The Morgan fingerprint density at radius 1 is 1.16 bits per heavy atom. The van der Waals surface area contributed by atoms with Gasteiger partial charge in [0.1, 0.15) is 5.38 Å². The van der Waals surface area contributed by atoms with Gasteiger partial charge in [0.2, 0.25) is 5.91 Å². The van der Waals surface area contributed by atoms with Crippen molar-refractivity contribution in [3.8, 4) is 0 Å². The van der Waals surface area contributed by atoms with E-state index in [0.717, 1.165) is 18.8 Å². The minimum Gasteiger partial charge on any atom is -0.372 e. The lowest BCUT2D eigenvalue weighted by atomic mass is 10.2. The van der Waals surface area contributed by atoms with E-state index in [1.54, 1.807) is 6.92 Å². The van der Waals surface area contributed by atoms with Crippen LogP contribution < -0.4 is 10.2 Å². The lowest BCUT2D eigenvalue weighted by Gasteiger charge is -2.22. The molecule has 1 heterocycles. The summed E-state index contributed by atoms with van der Waals surface area (Å²) in [5, 5.41) is 2.29. The van der Waals surface area contributed by atoms with Crippen LogP contribution in [0.1, 0.15) is 32.6 Å². The van der Waals surface area contributed by atoms with E-state index in [-0.39, 0.29) is 5.91 Å². The van der Waals surface area contributed by atoms with E-state index in [2.05, 4.69) is 22.3 Å². The van der Waals surface area contributed by atoms with Crippen molar-refractivity contribution in [2.45, 2.75) is 38.0 Å². The number of rotatable bonds is 3. The molecule has 3 nitrogen and oxygen atoms in total. The van der Waals surface area contributed by atoms with Gasteiger partial charge in [-0.2, -0.15) is 0 Å². The zero-order valence-electron chi connectivity index (χ0n) is 11.4. The third-order valence-corrected chi connectivity index (χ3v) is 3.67. The number of anilines is 2. The predicted molar refractivity (Wildman–Crippen MR) is 81.1 cm³/mol. The van der Waals surface area contributed by atoms with Crippen LogP contribution in [0.25, 0.3) is 0 Å². The molecule has 0 spiro atoms. The van der Waals surface area contributed by atoms with E-state index in [1.807, 2.05) is 12.1 Å². The third-order valence-electron chi connectivity index (χ3n) is 3.47. The fourth-order valence-electron chi connectivity index (χ4n) is 2.33. The number of amides is 1. The van der Waals surface area contributed by atoms with Gasteiger partial charge in [0.15, 0.2) is 0 Å². The van der Waals surface area contributed by atoms with Crippen LogP contribution in [-0.4, -0.2) is 24.4 Å². The van der Waals surface area contributed by atoms with Gasteiger partial charge in [-0.1, -0.05) is 12.8 Å². The van der Waals surface area contributed by atoms with Crippen molar-refractivity contribution >= 4 is 28.9 Å². The summed E-state index contributed by atoms with van der Waals surface area (Å²) in [5.41, 5.74) is 2.04. The summed E-state index contributed by atoms with van der Waals surface area (Å²) in [6.07, 6.45) is 5.20. The molecule has 0 unspecified atom stereocenters. The van der Waals surface area contributed by atoms with Gasteiger partial charge in [-0.05, 0) is 44.0 Å². The molecular weight excluding hydrogens is 260 g/mol. The summed E-state index contributed by atoms with van der Waals surface area (Å²) < 4.78 is 0. The maximum atomic E-state index is 11.5. The number of carbonyl (C=O) groups excluding carboxylic acids is 1. The first-order chi connectivity index (χ1) is 9.16. The fraction of sp³-hybridized carbons (Fsp3) is 0.533. The summed E-state index contributed by atoms with van der Waals surface area (Å²) in [6.45, 7) is 3.93. The van der Waals surface area contributed by atoms with Crippen molar-refractivity contribution in [3.05, 3.63) is 24.3 Å². The maximum absolute atomic E-state index is 11.5. The minimum atomic E-state index is -0.509. The molecule has 1 aromatic rings. The van der Waals surface area contributed by atoms with Crippen LogP contribution in [0.5, 0.6) is 0 Å². The molecule has 0 radical (unpaired) electrons. The van der Waals surface area contributed by atoms with Crippen LogP contribution in [0.15, 0.2) is 24.3 Å². The number of halogens is 1. The van der Waals surface area contributed by atoms with Crippen LogP contribution in [0.2, 0.25) is 0 Å². The monoisotopic (exact) mass is 280 g/mol. The van der Waals surface area contributed by atoms with E-state index >= 15 is 0 Å². The first-order valence-corrected chi connectivity index (χ1v) is 7.40. The lowest BCUT2D eigenvalue weighted by molar-refractivity contribution is -0.115. The molecule has 2 rings (SSSR count). The molecular formula is C15H21ClN2O. The molecule has 0 saturated carbocycles. The zero-order valence-corrected chi connectivity index (χ0v) is 12.1. The predicted octanol–water partition coefficient (Wildman–Crippen LogP) is 3.63. The normalized spacial score (nSPS) is 17.7. The lowest BCUT2D eigenvalue weighted by Crippen LogP contribution is -2.24. The smallest absolute Gasteiger partial charge is 0.242 e. The van der Waals surface area contributed by atoms with Gasteiger partial charge < -0.3 is 10.2 Å². The molecule has 1 fully saturated rings. The molecule has 1 aromatic carbocycles. The molecule has 4 heteroatoms. The highest BCUT2D eigenvalue weighted by molar-refractivity contribution is 6.32. The van der Waals surface area contributed by atoms with Crippen LogP contribution >= 0.6 is 11.6 Å². The first-order valence-electron chi connectivity index (χ1n) is 6.97. The van der Waals surface area contributed by atoms with Crippen molar-refractivity contribution in [1.82, 2.24) is 0 Å². The van der Waals surface area contributed by atoms with Gasteiger partial charge in [0.25, 0.3) is 0 Å². The zero-order chi connectivity index (χ0) is 13.7. The number of carbonyl (C=O) groups is 1. The van der Waals surface area contributed by atoms with E-state index < -0.39 is 5.38 Å². The second-order valence-corrected chi connectivity index (χ2v) is 5.71. The number of nitrogens with zero attached hydrogens (tertiary/aromatic N) is 1. The molecule has 0 aromatic heterocycles. The summed E-state index contributed by atoms with van der Waals surface area (Å²) in [7, 11) is 0. The highest BCUT2D eigenvalue weighted by atomic mass is 35.5. The van der Waals surface area contributed by atoms with Gasteiger partial charge in [0.05, 0.1) is 0 Å². The Morgan fingerprint density at radius 2 is 1.74 bits per heavy atom. The molecule has 1 aliphatic rings. The second kappa shape index (κ2) is 6.80. The standard InChI is InChI=1S/C15H21ClN2O/c1-12(16)15(19)17-13-6-8-14(9-7-13)18-10-4-2-3-5-11-18/h6-9,12H,2-5,10-11H2,1H3,(H,17,19)/t12-/m1/s1. The van der Waals surface area contributed by atoms with E-state index in [1.165, 1.54) is 31.4 Å². The molecule has 1 amide bonds. The molecule has 0 aliphatic carbocycles. The fourth-order valence-corrected chi connectivity index (χ4v) is 2.38. The Balaban J connectivity index is 1.99. The van der Waals surface area contributed by atoms with Gasteiger partial charge in [-0.25, -0.2) is 0 Å². The SMILES string of the molecule is C[C@@H](Cl)C(=O)Nc1ccc(N2CCCCCC2)cc1. The van der Waals surface area contributed by atoms with Crippen LogP contribution in [0, 0.1) is 0 Å². The summed E-state index contributed by atoms with van der Waals surface area (Å²) >= 11 is 5.73. The summed E-state index contributed by atoms with van der Waals surface area (Å²) in [4.78, 5) is 13.9. The molecule has 104 valence electrons. The summed E-state index contributed by atoms with van der Waals surface area (Å²) in [5.74, 6) is -0.163. The molecule has 19 heavy (non-hydrogen) atoms. The number of nitrogens with one attached hydrogen (secondary N) is 1. The minimum absolute atomic E-state index is 0.163. The van der Waals surface area contributed by atoms with Crippen molar-refractivity contribution < 1.29 is 4.79 Å². The third kappa shape index (κ3) is 4.13. The van der Waals surface area contributed by atoms with Crippen LogP contribution in [0.4, 0.5) is 11.4 Å². The average Bonchev–Trinajstić information content (AvgIpc) is 2.68. The van der Waals surface area contributed by atoms with E-state index in [4.69, 9.17) is 11.6 Å². The average molecular weight is 281 g/mol. The number of hydrogen-bond acceptors (Lipinski definition) is 2. The molecule has 0 bridgehead atoms. The Morgan fingerprint density at radius 3 is 2.26 bits per heavy atom. The Labute approximate surface area is 119 Å². The highest BCUT2D eigenvalue weighted by Crippen LogP contribution is 2.21. The first kappa shape index (κ1) is 14.2. The van der Waals surface area contributed by atoms with Crippen LogP contribution in [0.3, 0.4) is 0 Å². The quantitative estimate of drug-likeness (QED) is 0.858. The van der Waals surface area contributed by atoms with E-state index in [0.29, 0.717) is 0 Å². The number of alkyl halides is 1.